The third-order valence-electron chi connectivity index (χ3n) is 2.77. The van der Waals surface area contributed by atoms with Gasteiger partial charge in [-0.2, -0.15) is 0 Å². The van der Waals surface area contributed by atoms with Crippen LogP contribution in [0.2, 0.25) is 0 Å². The second kappa shape index (κ2) is 5.05. The van der Waals surface area contributed by atoms with Crippen LogP contribution in [0.5, 0.6) is 5.75 Å². The molecule has 0 spiro atoms. The van der Waals surface area contributed by atoms with Crippen molar-refractivity contribution in [1.29, 1.82) is 0 Å². The summed E-state index contributed by atoms with van der Waals surface area (Å²) in [5.74, 6) is 0.964. The first-order chi connectivity index (χ1) is 8.15. The molecule has 2 aromatic carbocycles. The number of rotatable bonds is 3. The average molecular weight is 226 g/mol. The van der Waals surface area contributed by atoms with Gasteiger partial charge in [0.25, 0.3) is 0 Å². The van der Waals surface area contributed by atoms with Crippen LogP contribution in [-0.2, 0) is 6.61 Å². The molecule has 0 aliphatic heterocycles. The highest BCUT2D eigenvalue weighted by Crippen LogP contribution is 2.18. The Morgan fingerprint density at radius 1 is 0.882 bits per heavy atom. The Balaban J connectivity index is 2.10. The first-order valence-electron chi connectivity index (χ1n) is 5.91. The van der Waals surface area contributed by atoms with Crippen molar-refractivity contribution in [3.63, 3.8) is 0 Å². The van der Waals surface area contributed by atoms with E-state index >= 15 is 0 Å². The Labute approximate surface area is 103 Å². The van der Waals surface area contributed by atoms with Crippen LogP contribution < -0.4 is 4.74 Å². The molecule has 2 aromatic rings. The predicted octanol–water partition coefficient (Wildman–Crippen LogP) is 4.19. The predicted molar refractivity (Wildman–Crippen MR) is 71.4 cm³/mol. The molecule has 1 nitrogen and oxygen atoms in total. The topological polar surface area (TPSA) is 9.23 Å². The quantitative estimate of drug-likeness (QED) is 0.762. The highest BCUT2D eigenvalue weighted by molar-refractivity contribution is 5.33. The number of hydrogen-bond acceptors (Lipinski definition) is 1. The first kappa shape index (κ1) is 11.7. The molecule has 0 aliphatic carbocycles. The van der Waals surface area contributed by atoms with Gasteiger partial charge in [-0.1, -0.05) is 47.5 Å². The van der Waals surface area contributed by atoms with E-state index in [-0.39, 0.29) is 0 Å². The largest absolute Gasteiger partial charge is 0.489 e. The lowest BCUT2D eigenvalue weighted by Gasteiger charge is -2.10. The van der Waals surface area contributed by atoms with Crippen LogP contribution in [0.1, 0.15) is 22.3 Å². The number of benzene rings is 2. The fourth-order valence-electron chi connectivity index (χ4n) is 2.03. The van der Waals surface area contributed by atoms with Crippen molar-refractivity contribution in [2.24, 2.45) is 0 Å². The molecule has 0 fully saturated rings. The summed E-state index contributed by atoms with van der Waals surface area (Å²) in [6.45, 7) is 6.93. The molecule has 2 rings (SSSR count). The molecule has 0 atom stereocenters. The number of ether oxygens (including phenoxy) is 1. The average Bonchev–Trinajstić information content (AvgIpc) is 2.27. The van der Waals surface area contributed by atoms with Gasteiger partial charge in [0.15, 0.2) is 0 Å². The molecule has 17 heavy (non-hydrogen) atoms. The Hall–Kier alpha value is -1.76. The fourth-order valence-corrected chi connectivity index (χ4v) is 2.03. The van der Waals surface area contributed by atoms with E-state index in [1.165, 1.54) is 22.3 Å². The van der Waals surface area contributed by atoms with Gasteiger partial charge in [-0.05, 0) is 38.0 Å². The highest BCUT2D eigenvalue weighted by Gasteiger charge is 2.00. The lowest BCUT2D eigenvalue weighted by Crippen LogP contribution is -1.97. The Kier molecular flexibility index (Phi) is 3.48. The SMILES string of the molecule is Cc1cc(C)cc(COc2ccccc2C)c1. The third-order valence-corrected chi connectivity index (χ3v) is 2.77. The summed E-state index contributed by atoms with van der Waals surface area (Å²) in [6.07, 6.45) is 0. The van der Waals surface area contributed by atoms with Gasteiger partial charge in [-0.25, -0.2) is 0 Å². The van der Waals surface area contributed by atoms with Gasteiger partial charge in [0.1, 0.15) is 12.4 Å². The molecular formula is C16H18O. The van der Waals surface area contributed by atoms with Gasteiger partial charge in [0.05, 0.1) is 0 Å². The molecule has 1 heteroatoms. The number of aryl methyl sites for hydroxylation is 3. The maximum absolute atomic E-state index is 5.83. The summed E-state index contributed by atoms with van der Waals surface area (Å²) in [6, 6.07) is 14.6. The highest BCUT2D eigenvalue weighted by atomic mass is 16.5. The van der Waals surface area contributed by atoms with Crippen LogP contribution in [0, 0.1) is 20.8 Å². The van der Waals surface area contributed by atoms with Gasteiger partial charge in [-0.15, -0.1) is 0 Å². The van der Waals surface area contributed by atoms with Crippen LogP contribution in [0.3, 0.4) is 0 Å². The van der Waals surface area contributed by atoms with Gasteiger partial charge in [-0.3, -0.25) is 0 Å². The van der Waals surface area contributed by atoms with Crippen LogP contribution in [0.15, 0.2) is 42.5 Å². The van der Waals surface area contributed by atoms with Gasteiger partial charge in [0, 0.05) is 0 Å². The van der Waals surface area contributed by atoms with Crippen molar-refractivity contribution in [2.45, 2.75) is 27.4 Å². The van der Waals surface area contributed by atoms with E-state index in [9.17, 15) is 0 Å². The second-order valence-electron chi connectivity index (χ2n) is 4.55. The monoisotopic (exact) mass is 226 g/mol. The van der Waals surface area contributed by atoms with E-state index in [1.54, 1.807) is 0 Å². The second-order valence-corrected chi connectivity index (χ2v) is 4.55. The van der Waals surface area contributed by atoms with Crippen LogP contribution in [-0.4, -0.2) is 0 Å². The van der Waals surface area contributed by atoms with Crippen LogP contribution in [0.25, 0.3) is 0 Å². The van der Waals surface area contributed by atoms with E-state index in [0.717, 1.165) is 5.75 Å². The molecule has 0 saturated carbocycles. The molecule has 0 unspecified atom stereocenters. The number of para-hydroxylation sites is 1. The smallest absolute Gasteiger partial charge is 0.122 e. The van der Waals surface area contributed by atoms with E-state index in [1.807, 2.05) is 18.2 Å². The van der Waals surface area contributed by atoms with Crippen molar-refractivity contribution < 1.29 is 4.74 Å². The normalized spacial score (nSPS) is 10.3. The summed E-state index contributed by atoms with van der Waals surface area (Å²) in [5.41, 5.74) is 4.98. The van der Waals surface area contributed by atoms with Gasteiger partial charge < -0.3 is 4.74 Å². The summed E-state index contributed by atoms with van der Waals surface area (Å²) in [4.78, 5) is 0. The minimum absolute atomic E-state index is 0.632. The Bertz CT molecular complexity index is 494. The minimum atomic E-state index is 0.632. The van der Waals surface area contributed by atoms with Crippen molar-refractivity contribution in [2.75, 3.05) is 0 Å². The lowest BCUT2D eigenvalue weighted by atomic mass is 10.1. The van der Waals surface area contributed by atoms with Crippen LogP contribution in [0.4, 0.5) is 0 Å². The summed E-state index contributed by atoms with van der Waals surface area (Å²) >= 11 is 0. The molecule has 0 aromatic heterocycles. The molecule has 0 bridgehead atoms. The zero-order valence-corrected chi connectivity index (χ0v) is 10.7. The van der Waals surface area contributed by atoms with E-state index in [4.69, 9.17) is 4.74 Å². The minimum Gasteiger partial charge on any atom is -0.489 e. The summed E-state index contributed by atoms with van der Waals surface area (Å²) in [5, 5.41) is 0. The molecule has 0 aliphatic rings. The zero-order chi connectivity index (χ0) is 12.3. The fraction of sp³-hybridized carbons (Fsp3) is 0.250. The first-order valence-corrected chi connectivity index (χ1v) is 5.91. The molecular weight excluding hydrogens is 208 g/mol. The Morgan fingerprint density at radius 2 is 1.53 bits per heavy atom. The van der Waals surface area contributed by atoms with Crippen molar-refractivity contribution in [1.82, 2.24) is 0 Å². The molecule has 0 heterocycles. The van der Waals surface area contributed by atoms with Crippen molar-refractivity contribution in [3.05, 3.63) is 64.7 Å². The number of hydrogen-bond donors (Lipinski definition) is 0. The van der Waals surface area contributed by atoms with Crippen molar-refractivity contribution in [3.8, 4) is 5.75 Å². The van der Waals surface area contributed by atoms with E-state index < -0.39 is 0 Å². The lowest BCUT2D eigenvalue weighted by molar-refractivity contribution is 0.304. The van der Waals surface area contributed by atoms with Gasteiger partial charge >= 0.3 is 0 Å². The summed E-state index contributed by atoms with van der Waals surface area (Å²) < 4.78 is 5.83. The molecule has 0 saturated heterocycles. The zero-order valence-electron chi connectivity index (χ0n) is 10.7. The van der Waals surface area contributed by atoms with Gasteiger partial charge in [0.2, 0.25) is 0 Å². The molecule has 0 amide bonds. The molecule has 0 radical (unpaired) electrons. The standard InChI is InChI=1S/C16H18O/c1-12-8-13(2)10-15(9-12)11-17-16-7-5-4-6-14(16)3/h4-10H,11H2,1-3H3. The maximum Gasteiger partial charge on any atom is 0.122 e. The van der Waals surface area contributed by atoms with Crippen molar-refractivity contribution >= 4 is 0 Å². The molecule has 0 N–H and O–H groups in total. The Morgan fingerprint density at radius 3 is 2.18 bits per heavy atom. The van der Waals surface area contributed by atoms with Crippen LogP contribution >= 0.6 is 0 Å². The van der Waals surface area contributed by atoms with E-state index in [2.05, 4.69) is 45.0 Å². The van der Waals surface area contributed by atoms with E-state index in [0.29, 0.717) is 6.61 Å². The maximum atomic E-state index is 5.83. The summed E-state index contributed by atoms with van der Waals surface area (Å²) in [7, 11) is 0. The molecule has 88 valence electrons. The third kappa shape index (κ3) is 3.10.